The van der Waals surface area contributed by atoms with Gasteiger partial charge in [-0.1, -0.05) is 18.2 Å². The van der Waals surface area contributed by atoms with Crippen molar-refractivity contribution in [1.82, 2.24) is 4.57 Å². The number of carbonyl (C=O) groups is 1. The number of amides is 1. The topological polar surface area (TPSA) is 88.2 Å². The smallest absolute Gasteiger partial charge is 0.283 e. The van der Waals surface area contributed by atoms with E-state index in [2.05, 4.69) is 15.5 Å². The normalized spacial score (nSPS) is 11.4. The second kappa shape index (κ2) is 7.90. The van der Waals surface area contributed by atoms with E-state index in [0.717, 1.165) is 22.3 Å². The summed E-state index contributed by atoms with van der Waals surface area (Å²) in [4.78, 5) is 12.1. The molecule has 0 aliphatic carbocycles. The second-order valence-corrected chi connectivity index (χ2v) is 6.33. The van der Waals surface area contributed by atoms with E-state index in [9.17, 15) is 9.90 Å². The van der Waals surface area contributed by atoms with Crippen molar-refractivity contribution in [3.05, 3.63) is 48.5 Å². The van der Waals surface area contributed by atoms with Crippen LogP contribution < -0.4 is 10.1 Å². The van der Waals surface area contributed by atoms with Gasteiger partial charge in [0.15, 0.2) is 5.69 Å². The van der Waals surface area contributed by atoms with E-state index in [1.807, 2.05) is 50.2 Å². The number of anilines is 1. The van der Waals surface area contributed by atoms with Gasteiger partial charge in [-0.2, -0.15) is 0 Å². The van der Waals surface area contributed by atoms with Crippen molar-refractivity contribution in [2.75, 3.05) is 19.0 Å². The first-order valence-corrected chi connectivity index (χ1v) is 8.65. The van der Waals surface area contributed by atoms with Crippen LogP contribution in [0.5, 0.6) is 11.6 Å². The Morgan fingerprint density at radius 2 is 1.89 bits per heavy atom. The van der Waals surface area contributed by atoms with Crippen molar-refractivity contribution >= 4 is 28.2 Å². The number of methoxy groups -OCH3 is 1. The van der Waals surface area contributed by atoms with Gasteiger partial charge in [-0.3, -0.25) is 4.79 Å². The number of fused-ring (bicyclic) bond motifs is 1. The zero-order chi connectivity index (χ0) is 19.4. The average Bonchev–Trinajstić information content (AvgIpc) is 2.96. The largest absolute Gasteiger partial charge is 0.497 e. The number of para-hydroxylation sites is 1. The van der Waals surface area contributed by atoms with Gasteiger partial charge in [0.2, 0.25) is 5.88 Å². The Morgan fingerprint density at radius 1 is 1.19 bits per heavy atom. The number of aromatic hydroxyl groups is 1. The number of hydrogen-bond donors (Lipinski definition) is 2. The maximum Gasteiger partial charge on any atom is 0.283 e. The van der Waals surface area contributed by atoms with Crippen LogP contribution >= 0.6 is 0 Å². The molecule has 1 aromatic heterocycles. The number of nitrogens with zero attached hydrogens (tertiary/aromatic N) is 3. The number of hydrogen-bond acceptors (Lipinski definition) is 5. The third-order valence-electron chi connectivity index (χ3n) is 4.17. The molecule has 2 N–H and O–H groups in total. The van der Waals surface area contributed by atoms with Gasteiger partial charge in [0.1, 0.15) is 5.75 Å². The second-order valence-electron chi connectivity index (χ2n) is 6.33. The predicted octanol–water partition coefficient (Wildman–Crippen LogP) is 4.66. The molecular formula is C20H22N4O3. The molecule has 0 aliphatic heterocycles. The van der Waals surface area contributed by atoms with E-state index in [1.54, 1.807) is 23.8 Å². The van der Waals surface area contributed by atoms with Crippen molar-refractivity contribution in [3.63, 3.8) is 0 Å². The molecule has 0 spiro atoms. The molecule has 7 heteroatoms. The van der Waals surface area contributed by atoms with Crippen LogP contribution in [0.4, 0.5) is 11.4 Å². The minimum absolute atomic E-state index is 0.000583. The Labute approximate surface area is 157 Å². The van der Waals surface area contributed by atoms with Crippen molar-refractivity contribution < 1.29 is 14.6 Å². The highest BCUT2D eigenvalue weighted by molar-refractivity contribution is 5.95. The molecule has 0 fully saturated rings. The molecule has 0 radical (unpaired) electrons. The van der Waals surface area contributed by atoms with E-state index >= 15 is 0 Å². The predicted molar refractivity (Wildman–Crippen MR) is 105 cm³/mol. The van der Waals surface area contributed by atoms with E-state index in [1.165, 1.54) is 0 Å². The van der Waals surface area contributed by atoms with Crippen LogP contribution in [-0.4, -0.2) is 29.2 Å². The molecule has 0 unspecified atom stereocenters. The third kappa shape index (κ3) is 3.92. The highest BCUT2D eigenvalue weighted by Crippen LogP contribution is 2.40. The number of rotatable bonds is 6. The number of aromatic nitrogens is 1. The molecule has 0 bridgehead atoms. The van der Waals surface area contributed by atoms with Crippen molar-refractivity contribution in [1.29, 1.82) is 0 Å². The minimum Gasteiger partial charge on any atom is -0.497 e. The van der Waals surface area contributed by atoms with Crippen LogP contribution in [0.1, 0.15) is 19.9 Å². The lowest BCUT2D eigenvalue weighted by Crippen LogP contribution is -2.10. The minimum atomic E-state index is -0.438. The van der Waals surface area contributed by atoms with Gasteiger partial charge >= 0.3 is 0 Å². The third-order valence-corrected chi connectivity index (χ3v) is 4.17. The maximum absolute atomic E-state index is 12.1. The first-order valence-electron chi connectivity index (χ1n) is 8.65. The molecule has 0 saturated heterocycles. The van der Waals surface area contributed by atoms with Crippen LogP contribution in [0, 0.1) is 0 Å². The van der Waals surface area contributed by atoms with Crippen LogP contribution in [0.2, 0.25) is 0 Å². The van der Waals surface area contributed by atoms with Gasteiger partial charge in [0.05, 0.1) is 19.2 Å². The highest BCUT2D eigenvalue weighted by Gasteiger charge is 2.18. The van der Waals surface area contributed by atoms with Crippen molar-refractivity contribution in [2.24, 2.45) is 10.2 Å². The summed E-state index contributed by atoms with van der Waals surface area (Å²) in [6.45, 7) is 3.94. The Balaban J connectivity index is 1.75. The Morgan fingerprint density at radius 3 is 2.56 bits per heavy atom. The molecule has 0 saturated carbocycles. The first-order chi connectivity index (χ1) is 13.0. The molecule has 0 aliphatic rings. The van der Waals surface area contributed by atoms with Crippen molar-refractivity contribution in [3.8, 4) is 11.6 Å². The molecule has 7 nitrogen and oxygen atoms in total. The summed E-state index contributed by atoms with van der Waals surface area (Å²) >= 11 is 0. The number of azo groups is 1. The Kier molecular flexibility index (Phi) is 5.40. The molecular weight excluding hydrogens is 344 g/mol. The zero-order valence-electron chi connectivity index (χ0n) is 15.5. The monoisotopic (exact) mass is 366 g/mol. The molecule has 2 aromatic carbocycles. The number of nitrogens with one attached hydrogen (secondary N) is 1. The SMILES string of the molecule is COc1ccc(NCC(=O)N=Nc2c(O)n(C(C)C)c3ccccc23)cc1. The summed E-state index contributed by atoms with van der Waals surface area (Å²) in [5.74, 6) is 0.307. The van der Waals surface area contributed by atoms with Gasteiger partial charge in [-0.05, 0) is 44.2 Å². The first kappa shape index (κ1) is 18.4. The summed E-state index contributed by atoms with van der Waals surface area (Å²) in [5, 5.41) is 22.0. The highest BCUT2D eigenvalue weighted by atomic mass is 16.5. The zero-order valence-corrected chi connectivity index (χ0v) is 15.5. The molecule has 140 valence electrons. The molecule has 0 atom stereocenters. The molecule has 27 heavy (non-hydrogen) atoms. The van der Waals surface area contributed by atoms with E-state index in [4.69, 9.17) is 4.74 Å². The summed E-state index contributed by atoms with van der Waals surface area (Å²) in [6, 6.07) is 14.8. The lowest BCUT2D eigenvalue weighted by molar-refractivity contribution is -0.116. The van der Waals surface area contributed by atoms with Gasteiger partial charge in [0, 0.05) is 17.1 Å². The summed E-state index contributed by atoms with van der Waals surface area (Å²) < 4.78 is 6.86. The molecule has 1 amide bonds. The maximum atomic E-state index is 12.1. The van der Waals surface area contributed by atoms with Gasteiger partial charge < -0.3 is 19.7 Å². The molecule has 3 rings (SSSR count). The summed E-state index contributed by atoms with van der Waals surface area (Å²) in [5.41, 5.74) is 1.93. The fourth-order valence-corrected chi connectivity index (χ4v) is 2.88. The van der Waals surface area contributed by atoms with E-state index in [0.29, 0.717) is 5.69 Å². The standard InChI is InChI=1S/C20H22N4O3/c1-13(2)24-17-7-5-4-6-16(17)19(20(24)26)23-22-18(25)12-21-14-8-10-15(27-3)11-9-14/h4-11,13,21,26H,12H2,1-3H3. The lowest BCUT2D eigenvalue weighted by atomic mass is 10.2. The Bertz CT molecular complexity index is 975. The van der Waals surface area contributed by atoms with Gasteiger partial charge in [0.25, 0.3) is 5.91 Å². The quantitative estimate of drug-likeness (QED) is 0.621. The van der Waals surface area contributed by atoms with Crippen molar-refractivity contribution in [2.45, 2.75) is 19.9 Å². The summed E-state index contributed by atoms with van der Waals surface area (Å²) in [6.07, 6.45) is 0. The molecule has 3 aromatic rings. The van der Waals surface area contributed by atoms with Crippen LogP contribution in [-0.2, 0) is 4.79 Å². The number of ether oxygens (including phenoxy) is 1. The fourth-order valence-electron chi connectivity index (χ4n) is 2.88. The van der Waals surface area contributed by atoms with Gasteiger partial charge in [-0.15, -0.1) is 10.2 Å². The number of carbonyl (C=O) groups excluding carboxylic acids is 1. The van der Waals surface area contributed by atoms with Crippen LogP contribution in [0.15, 0.2) is 58.8 Å². The molecule has 1 heterocycles. The Hall–Kier alpha value is -3.35. The summed E-state index contributed by atoms with van der Waals surface area (Å²) in [7, 11) is 1.60. The number of benzene rings is 2. The van der Waals surface area contributed by atoms with E-state index < -0.39 is 5.91 Å². The van der Waals surface area contributed by atoms with Crippen LogP contribution in [0.25, 0.3) is 10.9 Å². The lowest BCUT2D eigenvalue weighted by Gasteiger charge is -2.10. The van der Waals surface area contributed by atoms with E-state index in [-0.39, 0.29) is 18.5 Å². The average molecular weight is 366 g/mol. The van der Waals surface area contributed by atoms with Crippen LogP contribution in [0.3, 0.4) is 0 Å². The van der Waals surface area contributed by atoms with Gasteiger partial charge in [-0.25, -0.2) is 0 Å². The fraction of sp³-hybridized carbons (Fsp3) is 0.250.